The molecule has 124 valence electrons. The van der Waals surface area contributed by atoms with Gasteiger partial charge in [0.2, 0.25) is 0 Å². The molecule has 7 nitrogen and oxygen atoms in total. The van der Waals surface area contributed by atoms with Gasteiger partial charge in [0.25, 0.3) is 5.91 Å². The molecule has 1 atom stereocenters. The molecule has 2 aliphatic heterocycles. The Balaban J connectivity index is 1.86. The molecular weight excluding hydrogens is 298 g/mol. The highest BCUT2D eigenvalue weighted by Gasteiger charge is 2.45. The minimum absolute atomic E-state index is 0.0892. The monoisotopic (exact) mass is 319 g/mol. The summed E-state index contributed by atoms with van der Waals surface area (Å²) >= 11 is 0. The van der Waals surface area contributed by atoms with Crippen LogP contribution in [-0.4, -0.2) is 52.9 Å². The third-order valence-corrected chi connectivity index (χ3v) is 4.69. The van der Waals surface area contributed by atoms with E-state index in [-0.39, 0.29) is 11.7 Å². The van der Waals surface area contributed by atoms with E-state index in [1.807, 2.05) is 0 Å². The molecule has 23 heavy (non-hydrogen) atoms. The number of nitrogens with one attached hydrogen (secondary N) is 2. The molecule has 2 saturated heterocycles. The first kappa shape index (κ1) is 15.6. The number of likely N-dealkylation sites (tertiary alicyclic amines) is 1. The predicted molar refractivity (Wildman–Crippen MR) is 82.6 cm³/mol. The maximum absolute atomic E-state index is 12.9. The van der Waals surface area contributed by atoms with Crippen molar-refractivity contribution in [2.75, 3.05) is 19.6 Å². The lowest BCUT2D eigenvalue weighted by Crippen LogP contribution is -2.52. The van der Waals surface area contributed by atoms with Crippen molar-refractivity contribution in [2.45, 2.75) is 39.2 Å². The summed E-state index contributed by atoms with van der Waals surface area (Å²) < 4.78 is 5.40. The maximum atomic E-state index is 12.9. The summed E-state index contributed by atoms with van der Waals surface area (Å²) in [5, 5.41) is 2.67. The molecule has 2 N–H and O–H groups in total. The molecule has 3 rings (SSSR count). The molecule has 3 heterocycles. The number of rotatable bonds is 2. The number of hydrogen-bond acceptors (Lipinski definition) is 4. The summed E-state index contributed by atoms with van der Waals surface area (Å²) in [5.74, 6) is -0.209. The average Bonchev–Trinajstić information content (AvgIpc) is 2.99. The van der Waals surface area contributed by atoms with E-state index in [1.54, 1.807) is 18.7 Å². The molecule has 1 aromatic rings. The highest BCUT2D eigenvalue weighted by Crippen LogP contribution is 2.30. The Morgan fingerprint density at radius 2 is 2.04 bits per heavy atom. The first-order valence-electron chi connectivity index (χ1n) is 7.79. The number of ether oxygens (including phenoxy) is 1. The zero-order valence-corrected chi connectivity index (χ0v) is 13.6. The van der Waals surface area contributed by atoms with Crippen LogP contribution in [0.2, 0.25) is 0 Å². The number of H-pyrrole nitrogens is 1. The van der Waals surface area contributed by atoms with Crippen LogP contribution in [-0.2, 0) is 4.74 Å². The molecule has 2 amide bonds. The Bertz CT molecular complexity index is 694. The van der Waals surface area contributed by atoms with Gasteiger partial charge in [-0.3, -0.25) is 9.59 Å². The minimum Gasteiger partial charge on any atom is -0.439 e. The van der Waals surface area contributed by atoms with Gasteiger partial charge < -0.3 is 19.9 Å². The van der Waals surface area contributed by atoms with Crippen molar-refractivity contribution in [1.29, 1.82) is 0 Å². The molecule has 0 aromatic carbocycles. The Labute approximate surface area is 134 Å². The Morgan fingerprint density at radius 3 is 2.61 bits per heavy atom. The topological polar surface area (TPSA) is 91.5 Å². The maximum Gasteiger partial charge on any atom is 0.407 e. The number of ketones is 1. The zero-order valence-electron chi connectivity index (χ0n) is 13.6. The van der Waals surface area contributed by atoms with Gasteiger partial charge >= 0.3 is 6.09 Å². The summed E-state index contributed by atoms with van der Waals surface area (Å²) in [6, 6.07) is 0. The molecule has 2 fully saturated rings. The van der Waals surface area contributed by atoms with E-state index < -0.39 is 11.7 Å². The lowest BCUT2D eigenvalue weighted by Gasteiger charge is -2.38. The Kier molecular flexibility index (Phi) is 3.66. The number of piperidine rings is 1. The SMILES string of the molecule is CC(=O)c1[nH]c(C)c(C(=O)N2CCC[C@]3(CNC(=O)O3)C2)c1C. The third-order valence-electron chi connectivity index (χ3n) is 4.69. The minimum atomic E-state index is -0.619. The van der Waals surface area contributed by atoms with Crippen molar-refractivity contribution in [3.63, 3.8) is 0 Å². The van der Waals surface area contributed by atoms with Gasteiger partial charge in [0.05, 0.1) is 24.3 Å². The number of hydrogen-bond donors (Lipinski definition) is 2. The number of carbonyl (C=O) groups is 3. The Hall–Kier alpha value is -2.31. The van der Waals surface area contributed by atoms with Crippen molar-refractivity contribution < 1.29 is 19.1 Å². The number of alkyl carbamates (subject to hydrolysis) is 1. The van der Waals surface area contributed by atoms with Crippen LogP contribution in [0.15, 0.2) is 0 Å². The largest absolute Gasteiger partial charge is 0.439 e. The van der Waals surface area contributed by atoms with Gasteiger partial charge in [-0.1, -0.05) is 0 Å². The lowest BCUT2D eigenvalue weighted by atomic mass is 9.92. The number of aromatic nitrogens is 1. The van der Waals surface area contributed by atoms with Crippen LogP contribution in [0.25, 0.3) is 0 Å². The van der Waals surface area contributed by atoms with Gasteiger partial charge in [-0.15, -0.1) is 0 Å². The fourth-order valence-corrected chi connectivity index (χ4v) is 3.58. The summed E-state index contributed by atoms with van der Waals surface area (Å²) in [6.07, 6.45) is 1.11. The normalized spacial score (nSPS) is 23.8. The van der Waals surface area contributed by atoms with Crippen molar-refractivity contribution in [2.24, 2.45) is 0 Å². The van der Waals surface area contributed by atoms with Crippen molar-refractivity contribution in [3.8, 4) is 0 Å². The average molecular weight is 319 g/mol. The molecule has 1 aromatic heterocycles. The fraction of sp³-hybridized carbons (Fsp3) is 0.562. The molecule has 1 spiro atoms. The molecule has 0 radical (unpaired) electrons. The molecule has 0 saturated carbocycles. The van der Waals surface area contributed by atoms with Crippen LogP contribution in [0.5, 0.6) is 0 Å². The summed E-state index contributed by atoms with van der Waals surface area (Å²) in [7, 11) is 0. The van der Waals surface area contributed by atoms with Gasteiger partial charge in [0.15, 0.2) is 5.78 Å². The van der Waals surface area contributed by atoms with Crippen LogP contribution in [0.4, 0.5) is 4.79 Å². The van der Waals surface area contributed by atoms with Crippen LogP contribution in [0.1, 0.15) is 51.9 Å². The van der Waals surface area contributed by atoms with E-state index in [1.165, 1.54) is 6.92 Å². The first-order valence-corrected chi connectivity index (χ1v) is 7.79. The molecule has 0 unspecified atom stereocenters. The highest BCUT2D eigenvalue weighted by molar-refractivity contribution is 6.02. The van der Waals surface area contributed by atoms with E-state index in [2.05, 4.69) is 10.3 Å². The van der Waals surface area contributed by atoms with E-state index in [0.29, 0.717) is 42.1 Å². The number of aromatic amines is 1. The number of amides is 2. The lowest BCUT2D eigenvalue weighted by molar-refractivity contribution is -0.00509. The van der Waals surface area contributed by atoms with E-state index >= 15 is 0 Å². The first-order chi connectivity index (χ1) is 10.8. The fourth-order valence-electron chi connectivity index (χ4n) is 3.58. The van der Waals surface area contributed by atoms with Crippen LogP contribution in [0.3, 0.4) is 0 Å². The number of aryl methyl sites for hydroxylation is 1. The number of carbonyl (C=O) groups excluding carboxylic acids is 3. The standard InChI is InChI=1S/C16H21N3O4/c1-9-12(10(2)18-13(9)11(3)20)14(21)19-6-4-5-16(8-19)7-17-15(22)23-16/h18H,4-8H2,1-3H3,(H,17,22)/t16-/m0/s1. The molecule has 2 aliphatic rings. The molecular formula is C16H21N3O4. The predicted octanol–water partition coefficient (Wildman–Crippen LogP) is 1.55. The second kappa shape index (κ2) is 5.40. The van der Waals surface area contributed by atoms with Crippen LogP contribution < -0.4 is 5.32 Å². The van der Waals surface area contributed by atoms with Gasteiger partial charge in [0, 0.05) is 19.2 Å². The quantitative estimate of drug-likeness (QED) is 0.809. The van der Waals surface area contributed by atoms with E-state index in [4.69, 9.17) is 4.74 Å². The summed E-state index contributed by atoms with van der Waals surface area (Å²) in [5.41, 5.74) is 1.78. The molecule has 0 bridgehead atoms. The second-order valence-corrected chi connectivity index (χ2v) is 6.44. The second-order valence-electron chi connectivity index (χ2n) is 6.44. The van der Waals surface area contributed by atoms with E-state index in [9.17, 15) is 14.4 Å². The van der Waals surface area contributed by atoms with Crippen LogP contribution >= 0.6 is 0 Å². The Morgan fingerprint density at radius 1 is 1.30 bits per heavy atom. The summed E-state index contributed by atoms with van der Waals surface area (Å²) in [6.45, 7) is 6.49. The number of nitrogens with zero attached hydrogens (tertiary/aromatic N) is 1. The van der Waals surface area contributed by atoms with Gasteiger partial charge in [-0.2, -0.15) is 0 Å². The van der Waals surface area contributed by atoms with Crippen molar-refractivity contribution >= 4 is 17.8 Å². The number of Topliss-reactive ketones (excluding diaryl/α,β-unsaturated/α-hetero) is 1. The van der Waals surface area contributed by atoms with Crippen molar-refractivity contribution in [3.05, 3.63) is 22.5 Å². The van der Waals surface area contributed by atoms with Gasteiger partial charge in [-0.25, -0.2) is 4.79 Å². The molecule has 0 aliphatic carbocycles. The van der Waals surface area contributed by atoms with Crippen molar-refractivity contribution in [1.82, 2.24) is 15.2 Å². The van der Waals surface area contributed by atoms with Gasteiger partial charge in [-0.05, 0) is 32.3 Å². The van der Waals surface area contributed by atoms with Gasteiger partial charge in [0.1, 0.15) is 5.60 Å². The highest BCUT2D eigenvalue weighted by atomic mass is 16.6. The summed E-state index contributed by atoms with van der Waals surface area (Å²) in [4.78, 5) is 40.7. The zero-order chi connectivity index (χ0) is 16.8. The third kappa shape index (κ3) is 2.60. The van der Waals surface area contributed by atoms with Crippen LogP contribution in [0, 0.1) is 13.8 Å². The smallest absolute Gasteiger partial charge is 0.407 e. The molecule has 7 heteroatoms. The van der Waals surface area contributed by atoms with E-state index in [0.717, 1.165) is 12.8 Å².